The molecule has 106 valence electrons. The summed E-state index contributed by atoms with van der Waals surface area (Å²) < 4.78 is 0. The number of aliphatic imine (C=N–C) groups is 1. The Labute approximate surface area is 136 Å². The lowest BCUT2D eigenvalue weighted by Gasteiger charge is -2.06. The molecular weight excluding hydrogens is 363 g/mol. The first kappa shape index (κ1) is 16.4. The largest absolute Gasteiger partial charge is 0.370 e. The summed E-state index contributed by atoms with van der Waals surface area (Å²) >= 11 is 0. The number of anilines is 1. The minimum atomic E-state index is 0. The number of guanidine groups is 1. The molecule has 5 heteroatoms. The molecule has 0 saturated heterocycles. The fourth-order valence-corrected chi connectivity index (χ4v) is 1.76. The molecule has 0 spiro atoms. The number of nitrogens with one attached hydrogen (secondary N) is 1. The molecule has 0 bridgehead atoms. The highest BCUT2D eigenvalue weighted by molar-refractivity contribution is 14.0. The fraction of sp³-hybridized carbons (Fsp3) is 0.200. The van der Waals surface area contributed by atoms with E-state index in [9.17, 15) is 0 Å². The van der Waals surface area contributed by atoms with Crippen molar-refractivity contribution in [2.75, 3.05) is 11.9 Å². The Hall–Kier alpha value is -1.63. The van der Waals surface area contributed by atoms with Gasteiger partial charge in [0.1, 0.15) is 0 Å². The molecule has 0 unspecified atom stereocenters. The van der Waals surface area contributed by atoms with Crippen molar-refractivity contribution < 1.29 is 0 Å². The van der Waals surface area contributed by atoms with E-state index in [0.717, 1.165) is 17.7 Å². The predicted octanol–water partition coefficient (Wildman–Crippen LogP) is 2.98. The van der Waals surface area contributed by atoms with Crippen LogP contribution in [0, 0.1) is 6.92 Å². The van der Waals surface area contributed by atoms with Crippen molar-refractivity contribution in [1.29, 1.82) is 0 Å². The molecule has 4 nitrogen and oxygen atoms in total. The van der Waals surface area contributed by atoms with Gasteiger partial charge in [-0.3, -0.25) is 9.98 Å². The van der Waals surface area contributed by atoms with E-state index in [4.69, 9.17) is 5.73 Å². The summed E-state index contributed by atoms with van der Waals surface area (Å²) in [5.41, 5.74) is 9.15. The van der Waals surface area contributed by atoms with Crippen LogP contribution < -0.4 is 11.1 Å². The van der Waals surface area contributed by atoms with Crippen molar-refractivity contribution in [3.8, 4) is 0 Å². The van der Waals surface area contributed by atoms with Crippen molar-refractivity contribution in [3.63, 3.8) is 0 Å². The van der Waals surface area contributed by atoms with Crippen molar-refractivity contribution >= 4 is 35.6 Å². The number of pyridine rings is 1. The average molecular weight is 382 g/mol. The molecule has 0 aliphatic heterocycles. The minimum absolute atomic E-state index is 0. The molecule has 20 heavy (non-hydrogen) atoms. The van der Waals surface area contributed by atoms with E-state index in [1.807, 2.05) is 49.5 Å². The lowest BCUT2D eigenvalue weighted by molar-refractivity contribution is 0.955. The molecule has 1 aromatic heterocycles. The molecule has 2 aromatic rings. The van der Waals surface area contributed by atoms with E-state index < -0.39 is 0 Å². The number of hydrogen-bond acceptors (Lipinski definition) is 2. The molecule has 0 amide bonds. The Morgan fingerprint density at radius 2 is 2.15 bits per heavy atom. The van der Waals surface area contributed by atoms with Gasteiger partial charge in [0, 0.05) is 24.6 Å². The maximum absolute atomic E-state index is 5.84. The molecule has 2 rings (SSSR count). The van der Waals surface area contributed by atoms with Crippen LogP contribution in [0.3, 0.4) is 0 Å². The zero-order chi connectivity index (χ0) is 13.5. The van der Waals surface area contributed by atoms with Crippen LogP contribution in [0.15, 0.2) is 53.8 Å². The van der Waals surface area contributed by atoms with Gasteiger partial charge < -0.3 is 11.1 Å². The van der Waals surface area contributed by atoms with Gasteiger partial charge in [-0.1, -0.05) is 18.2 Å². The Morgan fingerprint density at radius 3 is 2.85 bits per heavy atom. The topological polar surface area (TPSA) is 63.3 Å². The molecule has 0 aliphatic rings. The van der Waals surface area contributed by atoms with E-state index in [1.54, 1.807) is 6.20 Å². The zero-order valence-electron chi connectivity index (χ0n) is 11.4. The normalized spacial score (nSPS) is 10.8. The van der Waals surface area contributed by atoms with Crippen molar-refractivity contribution in [1.82, 2.24) is 4.98 Å². The number of halogens is 1. The number of rotatable bonds is 4. The highest BCUT2D eigenvalue weighted by Gasteiger charge is 1.96. The zero-order valence-corrected chi connectivity index (χ0v) is 13.7. The molecule has 0 radical (unpaired) electrons. The van der Waals surface area contributed by atoms with Crippen LogP contribution in [0.4, 0.5) is 5.69 Å². The van der Waals surface area contributed by atoms with Crippen LogP contribution in [0.5, 0.6) is 0 Å². The van der Waals surface area contributed by atoms with Crippen LogP contribution in [0.1, 0.15) is 11.1 Å². The van der Waals surface area contributed by atoms with Crippen molar-refractivity contribution in [2.24, 2.45) is 10.7 Å². The maximum Gasteiger partial charge on any atom is 0.193 e. The molecule has 0 fully saturated rings. The summed E-state index contributed by atoms with van der Waals surface area (Å²) in [4.78, 5) is 8.36. The smallest absolute Gasteiger partial charge is 0.193 e. The Balaban J connectivity index is 0.00000200. The van der Waals surface area contributed by atoms with E-state index in [1.165, 1.54) is 5.56 Å². The van der Waals surface area contributed by atoms with E-state index >= 15 is 0 Å². The third-order valence-electron chi connectivity index (χ3n) is 2.70. The molecular formula is C15H19IN4. The Morgan fingerprint density at radius 1 is 1.30 bits per heavy atom. The number of aryl methyl sites for hydroxylation is 1. The van der Waals surface area contributed by atoms with Crippen molar-refractivity contribution in [3.05, 3.63) is 59.9 Å². The van der Waals surface area contributed by atoms with Gasteiger partial charge in [0.05, 0.1) is 0 Å². The van der Waals surface area contributed by atoms with Crippen molar-refractivity contribution in [2.45, 2.75) is 13.3 Å². The molecule has 3 N–H and O–H groups in total. The van der Waals surface area contributed by atoms with Gasteiger partial charge in [0.25, 0.3) is 0 Å². The van der Waals surface area contributed by atoms with Gasteiger partial charge in [-0.2, -0.15) is 0 Å². The highest BCUT2D eigenvalue weighted by Crippen LogP contribution is 2.08. The van der Waals surface area contributed by atoms with Gasteiger partial charge in [0.2, 0.25) is 0 Å². The standard InChI is InChI=1S/C15H18N4.HI/c1-12-4-2-6-14(10-12)19-15(16)18-9-7-13-5-3-8-17-11-13;/h2-6,8,10-11H,7,9H2,1H3,(H3,16,18,19);1H. The molecule has 1 heterocycles. The van der Waals surface area contributed by atoms with Crippen LogP contribution >= 0.6 is 24.0 Å². The molecule has 0 aliphatic carbocycles. The number of aromatic nitrogens is 1. The fourth-order valence-electron chi connectivity index (χ4n) is 1.76. The lowest BCUT2D eigenvalue weighted by atomic mass is 10.2. The summed E-state index contributed by atoms with van der Waals surface area (Å²) in [7, 11) is 0. The quantitative estimate of drug-likeness (QED) is 0.486. The highest BCUT2D eigenvalue weighted by atomic mass is 127. The van der Waals surface area contributed by atoms with Gasteiger partial charge in [-0.25, -0.2) is 0 Å². The van der Waals surface area contributed by atoms with E-state index in [0.29, 0.717) is 12.5 Å². The summed E-state index contributed by atoms with van der Waals surface area (Å²) in [5, 5.41) is 3.08. The van der Waals surface area contributed by atoms with Gasteiger partial charge in [-0.05, 0) is 42.7 Å². The second kappa shape index (κ2) is 8.52. The van der Waals surface area contributed by atoms with Gasteiger partial charge in [0.15, 0.2) is 5.96 Å². The number of hydrogen-bond donors (Lipinski definition) is 2. The van der Waals surface area contributed by atoms with Gasteiger partial charge in [-0.15, -0.1) is 24.0 Å². The first-order valence-corrected chi connectivity index (χ1v) is 6.26. The van der Waals surface area contributed by atoms with E-state index in [2.05, 4.69) is 15.3 Å². The molecule has 0 saturated carbocycles. The summed E-state index contributed by atoms with van der Waals surface area (Å²) in [6.45, 7) is 2.69. The summed E-state index contributed by atoms with van der Waals surface area (Å²) in [6.07, 6.45) is 4.45. The average Bonchev–Trinajstić information content (AvgIpc) is 2.40. The monoisotopic (exact) mass is 382 g/mol. The third kappa shape index (κ3) is 5.56. The second-order valence-electron chi connectivity index (χ2n) is 4.37. The first-order chi connectivity index (χ1) is 9.24. The van der Waals surface area contributed by atoms with Crippen LogP contribution in [-0.4, -0.2) is 17.5 Å². The van der Waals surface area contributed by atoms with Crippen LogP contribution in [0.25, 0.3) is 0 Å². The molecule has 0 atom stereocenters. The summed E-state index contributed by atoms with van der Waals surface area (Å²) in [6, 6.07) is 12.0. The van der Waals surface area contributed by atoms with E-state index in [-0.39, 0.29) is 24.0 Å². The SMILES string of the molecule is Cc1cccc(NC(N)=NCCc2cccnc2)c1.I. The van der Waals surface area contributed by atoms with Crippen LogP contribution in [-0.2, 0) is 6.42 Å². The first-order valence-electron chi connectivity index (χ1n) is 6.26. The molecule has 1 aromatic carbocycles. The third-order valence-corrected chi connectivity index (χ3v) is 2.70. The number of benzene rings is 1. The van der Waals surface area contributed by atoms with Crippen LogP contribution in [0.2, 0.25) is 0 Å². The number of nitrogens with zero attached hydrogens (tertiary/aromatic N) is 2. The van der Waals surface area contributed by atoms with Gasteiger partial charge >= 0.3 is 0 Å². The minimum Gasteiger partial charge on any atom is -0.370 e. The Bertz CT molecular complexity index is 555. The number of nitrogens with two attached hydrogens (primary N) is 1. The lowest BCUT2D eigenvalue weighted by Crippen LogP contribution is -2.23. The second-order valence-corrected chi connectivity index (χ2v) is 4.37. The summed E-state index contributed by atoms with van der Waals surface area (Å²) in [5.74, 6) is 0.439. The Kier molecular flexibility index (Phi) is 7.00. The predicted molar refractivity (Wildman–Crippen MR) is 94.6 cm³/mol. The maximum atomic E-state index is 5.84.